The average Bonchev–Trinajstić information content (AvgIpc) is 3.23. The van der Waals surface area contributed by atoms with E-state index in [1.807, 2.05) is 54.7 Å². The van der Waals surface area contributed by atoms with Crippen LogP contribution in [-0.2, 0) is 4.79 Å². The number of aromatic nitrogens is 1. The quantitative estimate of drug-likeness (QED) is 0.290. The van der Waals surface area contributed by atoms with Gasteiger partial charge in [-0.2, -0.15) is 0 Å². The van der Waals surface area contributed by atoms with E-state index in [0.29, 0.717) is 5.02 Å². The average molecular weight is 450 g/mol. The van der Waals surface area contributed by atoms with E-state index in [-0.39, 0.29) is 36.4 Å². The predicted octanol–water partition coefficient (Wildman–Crippen LogP) is 5.06. The number of hydrogen-bond donors (Lipinski definition) is 2. The highest BCUT2D eigenvalue weighted by atomic mass is 35.5. The van der Waals surface area contributed by atoms with Crippen LogP contribution in [0.4, 0.5) is 5.69 Å². The van der Waals surface area contributed by atoms with E-state index >= 15 is 0 Å². The van der Waals surface area contributed by atoms with Gasteiger partial charge in [-0.15, -0.1) is 0 Å². The number of nitrogens with one attached hydrogen (secondary N) is 2. The second kappa shape index (κ2) is 9.53. The standard InChI is InChI=1S/C24H20ClN3O4/c25-20-9-3-1-7-16(20)18(19-13-26-21-10-4-2-8-17(19)21)14-27-24(29)15-32-23-12-6-5-11-22(23)28(30)31/h1-13,18,26H,14-15H2,(H,27,29). The summed E-state index contributed by atoms with van der Waals surface area (Å²) in [5.74, 6) is -0.540. The van der Waals surface area contributed by atoms with Crippen molar-refractivity contribution in [1.29, 1.82) is 0 Å². The Hall–Kier alpha value is -3.84. The molecule has 2 N–H and O–H groups in total. The van der Waals surface area contributed by atoms with Crippen LogP contribution in [0.2, 0.25) is 5.02 Å². The molecule has 0 radical (unpaired) electrons. The lowest BCUT2D eigenvalue weighted by molar-refractivity contribution is -0.385. The topological polar surface area (TPSA) is 97.3 Å². The van der Waals surface area contributed by atoms with Crippen molar-refractivity contribution in [3.8, 4) is 5.75 Å². The van der Waals surface area contributed by atoms with Crippen LogP contribution in [0.5, 0.6) is 5.75 Å². The summed E-state index contributed by atoms with van der Waals surface area (Å²) in [7, 11) is 0. The first kappa shape index (κ1) is 21.4. The lowest BCUT2D eigenvalue weighted by atomic mass is 9.91. The highest BCUT2D eigenvalue weighted by molar-refractivity contribution is 6.31. The molecular weight excluding hydrogens is 430 g/mol. The van der Waals surface area contributed by atoms with Crippen LogP contribution in [0.15, 0.2) is 79.0 Å². The van der Waals surface area contributed by atoms with E-state index in [0.717, 1.165) is 22.0 Å². The number of para-hydroxylation sites is 3. The number of benzene rings is 3. The van der Waals surface area contributed by atoms with Crippen LogP contribution in [-0.4, -0.2) is 29.0 Å². The van der Waals surface area contributed by atoms with Gasteiger partial charge in [0.25, 0.3) is 5.91 Å². The number of fused-ring (bicyclic) bond motifs is 1. The molecule has 4 aromatic rings. The Kier molecular flexibility index (Phi) is 6.37. The summed E-state index contributed by atoms with van der Waals surface area (Å²) >= 11 is 6.48. The van der Waals surface area contributed by atoms with Crippen LogP contribution in [0.3, 0.4) is 0 Å². The summed E-state index contributed by atoms with van der Waals surface area (Å²) in [6.07, 6.45) is 1.93. The molecule has 3 aromatic carbocycles. The maximum Gasteiger partial charge on any atom is 0.310 e. The van der Waals surface area contributed by atoms with Crippen molar-refractivity contribution in [3.63, 3.8) is 0 Å². The molecule has 0 spiro atoms. The number of rotatable bonds is 8. The fourth-order valence-corrected chi connectivity index (χ4v) is 3.94. The number of aromatic amines is 1. The lowest BCUT2D eigenvalue weighted by Crippen LogP contribution is -2.33. The first-order chi connectivity index (χ1) is 15.5. The molecule has 0 saturated heterocycles. The Morgan fingerprint density at radius 2 is 1.75 bits per heavy atom. The molecule has 0 aliphatic carbocycles. The van der Waals surface area contributed by atoms with Gasteiger partial charge < -0.3 is 15.0 Å². The molecule has 0 aliphatic rings. The summed E-state index contributed by atoms with van der Waals surface area (Å²) in [6, 6.07) is 21.4. The van der Waals surface area contributed by atoms with E-state index in [4.69, 9.17) is 16.3 Å². The maximum absolute atomic E-state index is 12.5. The Balaban J connectivity index is 1.52. The zero-order chi connectivity index (χ0) is 22.5. The Bertz CT molecular complexity index is 1270. The van der Waals surface area contributed by atoms with E-state index in [2.05, 4.69) is 10.3 Å². The van der Waals surface area contributed by atoms with Gasteiger partial charge in [0.05, 0.1) is 4.92 Å². The van der Waals surface area contributed by atoms with Crippen molar-refractivity contribution >= 4 is 34.1 Å². The van der Waals surface area contributed by atoms with Crippen molar-refractivity contribution in [2.24, 2.45) is 0 Å². The van der Waals surface area contributed by atoms with Crippen molar-refractivity contribution < 1.29 is 14.5 Å². The number of nitro groups is 1. The van der Waals surface area contributed by atoms with Gasteiger partial charge in [-0.1, -0.05) is 60.1 Å². The normalized spacial score (nSPS) is 11.8. The van der Waals surface area contributed by atoms with E-state index < -0.39 is 4.92 Å². The number of carbonyl (C=O) groups is 1. The van der Waals surface area contributed by atoms with Gasteiger partial charge in [-0.05, 0) is 29.3 Å². The highest BCUT2D eigenvalue weighted by Crippen LogP contribution is 2.34. The van der Waals surface area contributed by atoms with E-state index in [1.54, 1.807) is 12.1 Å². The Labute approximate surface area is 189 Å². The van der Waals surface area contributed by atoms with Crippen LogP contribution in [0, 0.1) is 10.1 Å². The molecule has 1 amide bonds. The number of amides is 1. The monoisotopic (exact) mass is 449 g/mol. The minimum Gasteiger partial charge on any atom is -0.477 e. The van der Waals surface area contributed by atoms with Gasteiger partial charge in [0.15, 0.2) is 12.4 Å². The number of H-pyrrole nitrogens is 1. The second-order valence-electron chi connectivity index (χ2n) is 7.18. The molecule has 0 saturated carbocycles. The number of ether oxygens (including phenoxy) is 1. The van der Waals surface area contributed by atoms with E-state index in [9.17, 15) is 14.9 Å². The third-order valence-electron chi connectivity index (χ3n) is 5.20. The molecule has 7 nitrogen and oxygen atoms in total. The van der Waals surface area contributed by atoms with E-state index in [1.165, 1.54) is 12.1 Å². The first-order valence-electron chi connectivity index (χ1n) is 9.98. The zero-order valence-electron chi connectivity index (χ0n) is 17.0. The second-order valence-corrected chi connectivity index (χ2v) is 7.59. The molecule has 0 aliphatic heterocycles. The van der Waals surface area contributed by atoms with Crippen LogP contribution in [0.1, 0.15) is 17.0 Å². The fourth-order valence-electron chi connectivity index (χ4n) is 3.67. The molecular formula is C24H20ClN3O4. The largest absolute Gasteiger partial charge is 0.477 e. The van der Waals surface area contributed by atoms with Crippen molar-refractivity contribution in [2.45, 2.75) is 5.92 Å². The van der Waals surface area contributed by atoms with Crippen LogP contribution < -0.4 is 10.1 Å². The van der Waals surface area contributed by atoms with Gasteiger partial charge >= 0.3 is 5.69 Å². The molecule has 0 fully saturated rings. The van der Waals surface area contributed by atoms with Crippen LogP contribution >= 0.6 is 11.6 Å². The van der Waals surface area contributed by atoms with Crippen molar-refractivity contribution in [2.75, 3.05) is 13.2 Å². The zero-order valence-corrected chi connectivity index (χ0v) is 17.7. The molecule has 4 rings (SSSR count). The van der Waals surface area contributed by atoms with Crippen molar-refractivity contribution in [3.05, 3.63) is 105 Å². The van der Waals surface area contributed by atoms with Gasteiger partial charge in [-0.25, -0.2) is 0 Å². The number of hydrogen-bond acceptors (Lipinski definition) is 4. The third kappa shape index (κ3) is 4.58. The Morgan fingerprint density at radius 1 is 1.03 bits per heavy atom. The number of halogens is 1. The minimum absolute atomic E-state index is 0.0481. The summed E-state index contributed by atoms with van der Waals surface area (Å²) in [5, 5.41) is 15.6. The predicted molar refractivity (Wildman–Crippen MR) is 123 cm³/mol. The molecule has 8 heteroatoms. The molecule has 0 bridgehead atoms. The summed E-state index contributed by atoms with van der Waals surface area (Å²) in [5.41, 5.74) is 2.70. The molecule has 162 valence electrons. The number of carbonyl (C=O) groups excluding carboxylic acids is 1. The fraction of sp³-hybridized carbons (Fsp3) is 0.125. The summed E-state index contributed by atoms with van der Waals surface area (Å²) < 4.78 is 5.40. The highest BCUT2D eigenvalue weighted by Gasteiger charge is 2.22. The number of nitrogens with zero attached hydrogens (tertiary/aromatic N) is 1. The third-order valence-corrected chi connectivity index (χ3v) is 5.55. The van der Waals surface area contributed by atoms with Crippen LogP contribution in [0.25, 0.3) is 10.9 Å². The molecule has 32 heavy (non-hydrogen) atoms. The molecule has 1 atom stereocenters. The maximum atomic E-state index is 12.5. The number of nitro benzene ring substituents is 1. The minimum atomic E-state index is -0.544. The van der Waals surface area contributed by atoms with Gasteiger partial charge in [0.1, 0.15) is 0 Å². The molecule has 1 heterocycles. The summed E-state index contributed by atoms with van der Waals surface area (Å²) in [4.78, 5) is 26.3. The lowest BCUT2D eigenvalue weighted by Gasteiger charge is -2.19. The van der Waals surface area contributed by atoms with Gasteiger partial charge in [0.2, 0.25) is 0 Å². The van der Waals surface area contributed by atoms with Gasteiger partial charge in [0, 0.05) is 40.7 Å². The molecule has 1 unspecified atom stereocenters. The smallest absolute Gasteiger partial charge is 0.310 e. The van der Waals surface area contributed by atoms with Crippen molar-refractivity contribution in [1.82, 2.24) is 10.3 Å². The molecule has 1 aromatic heterocycles. The van der Waals surface area contributed by atoms with Gasteiger partial charge in [-0.3, -0.25) is 14.9 Å². The Morgan fingerprint density at radius 3 is 2.56 bits per heavy atom. The SMILES string of the molecule is O=C(COc1ccccc1[N+](=O)[O-])NCC(c1ccccc1Cl)c1c[nH]c2ccccc12. The summed E-state index contributed by atoms with van der Waals surface area (Å²) in [6.45, 7) is -0.0569. The first-order valence-corrected chi connectivity index (χ1v) is 10.4.